The molecule has 0 spiro atoms. The van der Waals surface area contributed by atoms with E-state index >= 15 is 0 Å². The molecule has 2 aromatic carbocycles. The Morgan fingerprint density at radius 2 is 1.77 bits per heavy atom. The highest BCUT2D eigenvalue weighted by Gasteiger charge is 2.27. The smallest absolute Gasteiger partial charge is 0.272 e. The van der Waals surface area contributed by atoms with Gasteiger partial charge < -0.3 is 5.32 Å². The second-order valence-electron chi connectivity index (χ2n) is 5.02. The van der Waals surface area contributed by atoms with Crippen molar-refractivity contribution < 1.29 is 13.2 Å². The third-order valence-electron chi connectivity index (χ3n) is 3.39. The number of nitrogens with zero attached hydrogens (tertiary/aromatic N) is 1. The number of benzene rings is 2. The predicted molar refractivity (Wildman–Crippen MR) is 82.6 cm³/mol. The molecule has 114 valence electrons. The molecule has 7 heteroatoms. The van der Waals surface area contributed by atoms with Crippen molar-refractivity contribution in [3.8, 4) is 0 Å². The lowest BCUT2D eigenvalue weighted by molar-refractivity contribution is 0.0721. The number of amides is 1. The van der Waals surface area contributed by atoms with Crippen molar-refractivity contribution >= 4 is 21.6 Å². The zero-order valence-electron chi connectivity index (χ0n) is 11.9. The molecule has 0 saturated heterocycles. The molecule has 22 heavy (non-hydrogen) atoms. The molecule has 0 aromatic heterocycles. The Hall–Kier alpha value is -2.38. The highest BCUT2D eigenvalue weighted by Crippen LogP contribution is 2.21. The van der Waals surface area contributed by atoms with Crippen LogP contribution in [0.3, 0.4) is 0 Å². The van der Waals surface area contributed by atoms with Crippen LogP contribution in [0.15, 0.2) is 53.4 Å². The van der Waals surface area contributed by atoms with E-state index in [0.29, 0.717) is 11.3 Å². The summed E-state index contributed by atoms with van der Waals surface area (Å²) >= 11 is 0. The van der Waals surface area contributed by atoms with Gasteiger partial charge in [0.15, 0.2) is 0 Å². The fourth-order valence-corrected chi connectivity index (χ4v) is 3.23. The van der Waals surface area contributed by atoms with Crippen LogP contribution < -0.4 is 10.1 Å². The van der Waals surface area contributed by atoms with E-state index in [0.717, 1.165) is 10.6 Å². The van der Waals surface area contributed by atoms with E-state index in [-0.39, 0.29) is 17.5 Å². The Labute approximate surface area is 128 Å². The van der Waals surface area contributed by atoms with Gasteiger partial charge in [-0.2, -0.15) is 0 Å². The van der Waals surface area contributed by atoms with Crippen LogP contribution in [0.4, 0.5) is 5.69 Å². The first-order valence-corrected chi connectivity index (χ1v) is 8.19. The van der Waals surface area contributed by atoms with Crippen LogP contribution in [0, 0.1) is 6.92 Å². The zero-order valence-corrected chi connectivity index (χ0v) is 12.7. The number of hydrogen-bond donors (Lipinski definition) is 2. The van der Waals surface area contributed by atoms with E-state index in [9.17, 15) is 13.2 Å². The van der Waals surface area contributed by atoms with E-state index in [1.807, 2.05) is 13.0 Å². The lowest BCUT2D eigenvalue weighted by Crippen LogP contribution is -2.50. The van der Waals surface area contributed by atoms with Crippen molar-refractivity contribution in [2.45, 2.75) is 11.8 Å². The van der Waals surface area contributed by atoms with Gasteiger partial charge in [-0.25, -0.2) is 13.4 Å². The molecule has 1 aliphatic heterocycles. The van der Waals surface area contributed by atoms with Crippen molar-refractivity contribution in [3.63, 3.8) is 0 Å². The molecule has 6 nitrogen and oxygen atoms in total. The van der Waals surface area contributed by atoms with Crippen LogP contribution in [0.1, 0.15) is 15.9 Å². The minimum Gasteiger partial charge on any atom is -0.366 e. The molecule has 3 rings (SSSR count). The fourth-order valence-electron chi connectivity index (χ4n) is 2.19. The predicted octanol–water partition coefficient (Wildman–Crippen LogP) is 1.71. The SMILES string of the molecule is Cc1ccc(S(=O)(=O)NN2CNc3ccccc3C2=O)cc1. The van der Waals surface area contributed by atoms with Gasteiger partial charge in [-0.1, -0.05) is 29.8 Å². The second kappa shape index (κ2) is 5.43. The molecule has 1 aliphatic rings. The summed E-state index contributed by atoms with van der Waals surface area (Å²) in [6.07, 6.45) is 0. The van der Waals surface area contributed by atoms with Crippen molar-refractivity contribution in [1.29, 1.82) is 0 Å². The van der Waals surface area contributed by atoms with E-state index in [4.69, 9.17) is 0 Å². The number of sulfonamides is 1. The van der Waals surface area contributed by atoms with Crippen LogP contribution in [-0.4, -0.2) is 26.0 Å². The van der Waals surface area contributed by atoms with Gasteiger partial charge in [-0.3, -0.25) is 4.79 Å². The van der Waals surface area contributed by atoms with Crippen LogP contribution in [0.5, 0.6) is 0 Å². The summed E-state index contributed by atoms with van der Waals surface area (Å²) in [6, 6.07) is 13.4. The van der Waals surface area contributed by atoms with Gasteiger partial charge in [-0.05, 0) is 31.2 Å². The van der Waals surface area contributed by atoms with Crippen LogP contribution >= 0.6 is 0 Å². The van der Waals surface area contributed by atoms with Crippen molar-refractivity contribution in [1.82, 2.24) is 9.84 Å². The van der Waals surface area contributed by atoms with Crippen molar-refractivity contribution in [3.05, 3.63) is 59.7 Å². The monoisotopic (exact) mass is 317 g/mol. The Balaban J connectivity index is 1.85. The van der Waals surface area contributed by atoms with Crippen molar-refractivity contribution in [2.24, 2.45) is 0 Å². The van der Waals surface area contributed by atoms with Gasteiger partial charge >= 0.3 is 0 Å². The zero-order chi connectivity index (χ0) is 15.7. The van der Waals surface area contributed by atoms with Gasteiger partial charge in [0, 0.05) is 5.69 Å². The number of anilines is 1. The molecule has 0 unspecified atom stereocenters. The normalized spacial score (nSPS) is 14.4. The molecule has 2 N–H and O–H groups in total. The Kier molecular flexibility index (Phi) is 3.59. The number of hydrogen-bond acceptors (Lipinski definition) is 4. The van der Waals surface area contributed by atoms with E-state index in [1.54, 1.807) is 30.3 Å². The summed E-state index contributed by atoms with van der Waals surface area (Å²) in [5.41, 5.74) is 2.09. The maximum absolute atomic E-state index is 12.3. The highest BCUT2D eigenvalue weighted by molar-refractivity contribution is 7.89. The quantitative estimate of drug-likeness (QED) is 0.903. The van der Waals surface area contributed by atoms with Crippen LogP contribution in [0.25, 0.3) is 0 Å². The molecule has 2 aromatic rings. The maximum Gasteiger partial charge on any atom is 0.272 e. The molecule has 1 amide bonds. The number of carbonyl (C=O) groups is 1. The minimum atomic E-state index is -3.80. The van der Waals surface area contributed by atoms with Gasteiger partial charge in [0.1, 0.15) is 6.67 Å². The lowest BCUT2D eigenvalue weighted by atomic mass is 10.1. The van der Waals surface area contributed by atoms with Gasteiger partial charge in [0.2, 0.25) is 0 Å². The van der Waals surface area contributed by atoms with E-state index < -0.39 is 10.0 Å². The number of fused-ring (bicyclic) bond motifs is 1. The Morgan fingerprint density at radius 1 is 1.09 bits per heavy atom. The molecule has 0 saturated carbocycles. The van der Waals surface area contributed by atoms with E-state index in [1.165, 1.54) is 12.1 Å². The molecular formula is C15H15N3O3S. The lowest BCUT2D eigenvalue weighted by Gasteiger charge is -2.29. The number of carbonyl (C=O) groups excluding carboxylic acids is 1. The molecular weight excluding hydrogens is 302 g/mol. The number of para-hydroxylation sites is 1. The van der Waals surface area contributed by atoms with E-state index in [2.05, 4.69) is 10.1 Å². The van der Waals surface area contributed by atoms with Crippen LogP contribution in [-0.2, 0) is 10.0 Å². The largest absolute Gasteiger partial charge is 0.366 e. The Morgan fingerprint density at radius 3 is 2.50 bits per heavy atom. The second-order valence-corrected chi connectivity index (χ2v) is 6.68. The number of rotatable bonds is 3. The van der Waals surface area contributed by atoms with Gasteiger partial charge in [0.25, 0.3) is 15.9 Å². The van der Waals surface area contributed by atoms with Gasteiger partial charge in [0.05, 0.1) is 10.5 Å². The molecule has 0 radical (unpaired) electrons. The number of hydrazine groups is 1. The summed E-state index contributed by atoms with van der Waals surface area (Å²) in [6.45, 7) is 1.94. The first kappa shape index (κ1) is 14.6. The molecule has 0 aliphatic carbocycles. The maximum atomic E-state index is 12.3. The number of aryl methyl sites for hydroxylation is 1. The topological polar surface area (TPSA) is 78.5 Å². The summed E-state index contributed by atoms with van der Waals surface area (Å²) < 4.78 is 24.7. The molecule has 0 atom stereocenters. The van der Waals surface area contributed by atoms with Crippen molar-refractivity contribution in [2.75, 3.05) is 12.0 Å². The molecule has 1 heterocycles. The minimum absolute atomic E-state index is 0.0704. The van der Waals surface area contributed by atoms with Gasteiger partial charge in [-0.15, -0.1) is 4.83 Å². The summed E-state index contributed by atoms with van der Waals surface area (Å²) in [5, 5.41) is 4.06. The standard InChI is InChI=1S/C15H15N3O3S/c1-11-6-8-12(9-7-11)22(20,21)17-18-10-16-14-5-3-2-4-13(14)15(18)19/h2-9,16-17H,10H2,1H3. The molecule has 0 fully saturated rings. The first-order chi connectivity index (χ1) is 10.5. The first-order valence-electron chi connectivity index (χ1n) is 6.71. The average molecular weight is 317 g/mol. The third-order valence-corrected chi connectivity index (χ3v) is 4.75. The average Bonchev–Trinajstić information content (AvgIpc) is 2.51. The molecule has 0 bridgehead atoms. The number of nitrogens with one attached hydrogen (secondary N) is 2. The summed E-state index contributed by atoms with van der Waals surface area (Å²) in [7, 11) is -3.80. The summed E-state index contributed by atoms with van der Waals surface area (Å²) in [5.74, 6) is -0.384. The summed E-state index contributed by atoms with van der Waals surface area (Å²) in [4.78, 5) is 14.8. The third kappa shape index (κ3) is 2.68. The van der Waals surface area contributed by atoms with Crippen LogP contribution in [0.2, 0.25) is 0 Å². The Bertz CT molecular complexity index is 816. The highest BCUT2D eigenvalue weighted by atomic mass is 32.2. The fraction of sp³-hybridized carbons (Fsp3) is 0.133.